The second-order valence-electron chi connectivity index (χ2n) is 12.9. The molecule has 4 aromatic rings. The van der Waals surface area contributed by atoms with E-state index in [0.29, 0.717) is 19.4 Å². The van der Waals surface area contributed by atoms with Gasteiger partial charge in [0.1, 0.15) is 0 Å². The van der Waals surface area contributed by atoms with Crippen molar-refractivity contribution >= 4 is 37.4 Å². The average Bonchev–Trinajstić information content (AvgIpc) is 3.19. The second kappa shape index (κ2) is 12.2. The van der Waals surface area contributed by atoms with Crippen LogP contribution in [0.25, 0.3) is 21.5 Å². The Morgan fingerprint density at radius 2 is 1.52 bits per heavy atom. The van der Waals surface area contributed by atoms with Gasteiger partial charge in [0.15, 0.2) is 0 Å². The number of nitrogens with zero attached hydrogens (tertiary/aromatic N) is 1. The number of allylic oxidation sites excluding steroid dienone is 7. The molecule has 0 saturated heterocycles. The largest absolute Gasteiger partial charge is 0.344 e. The van der Waals surface area contributed by atoms with Gasteiger partial charge in [0.25, 0.3) is 10.1 Å². The molecule has 4 aromatic carbocycles. The molecule has 0 radical (unpaired) electrons. The molecule has 0 atom stereocenters. The lowest BCUT2D eigenvalue weighted by atomic mass is 9.74. The van der Waals surface area contributed by atoms with Crippen LogP contribution in [0.15, 0.2) is 121 Å². The first-order valence-corrected chi connectivity index (χ1v) is 16.9. The zero-order valence-corrected chi connectivity index (χ0v) is 27.3. The van der Waals surface area contributed by atoms with Gasteiger partial charge in [-0.3, -0.25) is 4.55 Å². The van der Waals surface area contributed by atoms with Gasteiger partial charge in [0.05, 0.1) is 5.75 Å². The summed E-state index contributed by atoms with van der Waals surface area (Å²) in [4.78, 5) is 2.31. The van der Waals surface area contributed by atoms with Crippen molar-refractivity contribution in [3.05, 3.63) is 138 Å². The molecule has 5 heteroatoms. The fourth-order valence-electron chi connectivity index (χ4n) is 6.79. The minimum Gasteiger partial charge on any atom is -0.344 e. The number of fused-ring (bicyclic) bond motifs is 4. The molecule has 5 rings (SSSR count). The van der Waals surface area contributed by atoms with Gasteiger partial charge in [-0.25, -0.2) is 0 Å². The van der Waals surface area contributed by atoms with Crippen LogP contribution in [0.2, 0.25) is 0 Å². The Labute approximate surface area is 262 Å². The van der Waals surface area contributed by atoms with Crippen LogP contribution in [0.3, 0.4) is 0 Å². The topological polar surface area (TPSA) is 57.6 Å². The first kappa shape index (κ1) is 31.5. The van der Waals surface area contributed by atoms with E-state index in [9.17, 15) is 13.0 Å². The number of hydrogen-bond donors (Lipinski definition) is 1. The van der Waals surface area contributed by atoms with Crippen LogP contribution in [0.1, 0.15) is 57.2 Å². The molecule has 228 valence electrons. The number of unbranched alkanes of at least 4 members (excludes halogenated alkanes) is 1. The van der Waals surface area contributed by atoms with E-state index in [2.05, 4.69) is 149 Å². The zero-order valence-electron chi connectivity index (χ0n) is 26.5. The van der Waals surface area contributed by atoms with Crippen molar-refractivity contribution in [2.75, 3.05) is 17.2 Å². The summed E-state index contributed by atoms with van der Waals surface area (Å²) < 4.78 is 31.9. The van der Waals surface area contributed by atoms with Gasteiger partial charge < -0.3 is 4.90 Å². The van der Waals surface area contributed by atoms with Crippen LogP contribution in [0.5, 0.6) is 0 Å². The number of benzene rings is 4. The first-order chi connectivity index (χ1) is 20.8. The summed E-state index contributed by atoms with van der Waals surface area (Å²) in [5.74, 6) is -0.225. The van der Waals surface area contributed by atoms with Gasteiger partial charge in [0, 0.05) is 28.8 Å². The van der Waals surface area contributed by atoms with Crippen molar-refractivity contribution in [3.63, 3.8) is 0 Å². The Hall–Kier alpha value is -3.93. The van der Waals surface area contributed by atoms with Crippen molar-refractivity contribution in [2.45, 2.75) is 58.3 Å². The number of anilines is 1. The van der Waals surface area contributed by atoms with E-state index in [-0.39, 0.29) is 16.6 Å². The van der Waals surface area contributed by atoms with Crippen molar-refractivity contribution < 1.29 is 13.0 Å². The highest BCUT2D eigenvalue weighted by molar-refractivity contribution is 7.85. The van der Waals surface area contributed by atoms with Crippen molar-refractivity contribution in [2.24, 2.45) is 0 Å². The van der Waals surface area contributed by atoms with Crippen molar-refractivity contribution in [1.29, 1.82) is 0 Å². The molecular weight excluding hydrogens is 563 g/mol. The third-order valence-corrected chi connectivity index (χ3v) is 9.93. The smallest absolute Gasteiger partial charge is 0.264 e. The summed E-state index contributed by atoms with van der Waals surface area (Å²) >= 11 is 0. The van der Waals surface area contributed by atoms with Crippen LogP contribution < -0.4 is 4.90 Å². The Bertz CT molecular complexity index is 1930. The molecule has 0 aliphatic carbocycles. The lowest BCUT2D eigenvalue weighted by molar-refractivity contribution is 0.480. The van der Waals surface area contributed by atoms with E-state index in [1.54, 1.807) is 0 Å². The van der Waals surface area contributed by atoms with E-state index in [0.717, 1.165) is 17.0 Å². The molecule has 0 unspecified atom stereocenters. The molecule has 1 aliphatic rings. The van der Waals surface area contributed by atoms with E-state index in [1.165, 1.54) is 38.2 Å². The van der Waals surface area contributed by atoms with Gasteiger partial charge in [-0.1, -0.05) is 125 Å². The molecule has 0 bridgehead atoms. The Kier molecular flexibility index (Phi) is 8.75. The summed E-state index contributed by atoms with van der Waals surface area (Å²) in [6.07, 6.45) is 11.5. The summed E-state index contributed by atoms with van der Waals surface area (Å²) in [5.41, 5.74) is 6.68. The van der Waals surface area contributed by atoms with Gasteiger partial charge in [-0.15, -0.1) is 0 Å². The van der Waals surface area contributed by atoms with Crippen LogP contribution in [-0.4, -0.2) is 25.3 Å². The lowest BCUT2D eigenvalue weighted by Gasteiger charge is -2.30. The molecule has 1 heterocycles. The molecule has 0 fully saturated rings. The van der Waals surface area contributed by atoms with Crippen LogP contribution >= 0.6 is 0 Å². The third kappa shape index (κ3) is 6.17. The van der Waals surface area contributed by atoms with Crippen LogP contribution in [-0.2, 0) is 20.9 Å². The van der Waals surface area contributed by atoms with Gasteiger partial charge in [0.2, 0.25) is 0 Å². The standard InChI is InChI=1S/C39H43NO3S/c1-28-22-23-30-17-10-12-19-32(30)36(28)38(3,4)29(2)16-8-7-9-21-35-39(5,6)37-33-20-13-11-18-31(33)24-25-34(37)40(35)26-14-15-27-44(41,42)43/h7-13,16-25H,2,14-15,26-27H2,1,3-6H3,(H,41,42,43)/b9-7+,16-8+,35-21+. The highest BCUT2D eigenvalue weighted by Gasteiger charge is 2.40. The summed E-state index contributed by atoms with van der Waals surface area (Å²) in [7, 11) is -3.97. The summed E-state index contributed by atoms with van der Waals surface area (Å²) in [5, 5.41) is 4.93. The van der Waals surface area contributed by atoms with Gasteiger partial charge in [-0.05, 0) is 75.7 Å². The molecule has 0 spiro atoms. The monoisotopic (exact) mass is 605 g/mol. The van der Waals surface area contributed by atoms with Crippen LogP contribution in [0.4, 0.5) is 5.69 Å². The Morgan fingerprint density at radius 3 is 2.23 bits per heavy atom. The molecule has 1 aliphatic heterocycles. The predicted octanol–water partition coefficient (Wildman–Crippen LogP) is 9.60. The SMILES string of the molecule is C=C(/C=C/C=C/C=C1/N(CCCCS(=O)(=O)O)c2ccc3ccccc3c2C1(C)C)C(C)(C)c1c(C)ccc2ccccc12. The maximum absolute atomic E-state index is 11.3. The van der Waals surface area contributed by atoms with Crippen LogP contribution in [0, 0.1) is 6.92 Å². The fourth-order valence-corrected chi connectivity index (χ4v) is 7.36. The number of hydrogen-bond acceptors (Lipinski definition) is 3. The Balaban J connectivity index is 1.42. The molecular formula is C39H43NO3S. The highest BCUT2D eigenvalue weighted by atomic mass is 32.2. The lowest BCUT2D eigenvalue weighted by Crippen LogP contribution is -2.27. The predicted molar refractivity (Wildman–Crippen MR) is 187 cm³/mol. The Morgan fingerprint density at radius 1 is 0.886 bits per heavy atom. The summed E-state index contributed by atoms with van der Waals surface area (Å²) in [6.45, 7) is 16.3. The van der Waals surface area contributed by atoms with Crippen molar-refractivity contribution in [3.8, 4) is 0 Å². The minimum absolute atomic E-state index is 0.225. The third-order valence-electron chi connectivity index (χ3n) is 9.13. The summed E-state index contributed by atoms with van der Waals surface area (Å²) in [6, 6.07) is 25.7. The quantitative estimate of drug-likeness (QED) is 0.111. The number of rotatable bonds is 10. The van der Waals surface area contributed by atoms with E-state index >= 15 is 0 Å². The number of aryl methyl sites for hydroxylation is 1. The molecule has 44 heavy (non-hydrogen) atoms. The van der Waals surface area contributed by atoms with E-state index in [1.807, 2.05) is 0 Å². The molecule has 4 nitrogen and oxygen atoms in total. The highest BCUT2D eigenvalue weighted by Crippen LogP contribution is 2.50. The molecule has 0 saturated carbocycles. The fraction of sp³-hybridized carbons (Fsp3) is 0.282. The maximum atomic E-state index is 11.3. The van der Waals surface area contributed by atoms with Gasteiger partial charge in [-0.2, -0.15) is 8.42 Å². The van der Waals surface area contributed by atoms with Crippen molar-refractivity contribution in [1.82, 2.24) is 0 Å². The second-order valence-corrected chi connectivity index (χ2v) is 14.4. The maximum Gasteiger partial charge on any atom is 0.264 e. The molecule has 0 amide bonds. The van der Waals surface area contributed by atoms with Gasteiger partial charge >= 0.3 is 0 Å². The average molecular weight is 606 g/mol. The minimum atomic E-state index is -3.97. The first-order valence-electron chi connectivity index (χ1n) is 15.3. The molecule has 1 N–H and O–H groups in total. The zero-order chi connectivity index (χ0) is 31.7. The normalized spacial score (nSPS) is 16.1. The van der Waals surface area contributed by atoms with E-state index in [4.69, 9.17) is 0 Å². The molecule has 0 aromatic heterocycles. The van der Waals surface area contributed by atoms with E-state index < -0.39 is 10.1 Å².